The van der Waals surface area contributed by atoms with E-state index < -0.39 is 9.84 Å². The van der Waals surface area contributed by atoms with Crippen molar-refractivity contribution in [1.82, 2.24) is 14.7 Å². The van der Waals surface area contributed by atoms with Crippen molar-refractivity contribution in [1.29, 1.82) is 0 Å². The van der Waals surface area contributed by atoms with E-state index in [1.54, 1.807) is 27.8 Å². The van der Waals surface area contributed by atoms with E-state index >= 15 is 0 Å². The van der Waals surface area contributed by atoms with Gasteiger partial charge >= 0.3 is 0 Å². The SMILES string of the molecule is CCc1ccc(-c2cccc(-n3nc(C(=O)N4CCOCC4)c4c3-c3ccccc3S(=O)(=O)C4)c2)cc1. The van der Waals surface area contributed by atoms with Gasteiger partial charge in [0.05, 0.1) is 35.2 Å². The largest absolute Gasteiger partial charge is 0.378 e. The zero-order valence-corrected chi connectivity index (χ0v) is 21.4. The number of hydrogen-bond donors (Lipinski definition) is 0. The number of sulfone groups is 1. The van der Waals surface area contributed by atoms with Gasteiger partial charge in [-0.05, 0) is 41.3 Å². The third-order valence-electron chi connectivity index (χ3n) is 7.08. The van der Waals surface area contributed by atoms with E-state index in [0.717, 1.165) is 23.2 Å². The monoisotopic (exact) mass is 513 g/mol. The summed E-state index contributed by atoms with van der Waals surface area (Å²) in [4.78, 5) is 15.5. The van der Waals surface area contributed by atoms with Crippen LogP contribution in [0.2, 0.25) is 0 Å². The molecule has 4 aromatic rings. The molecule has 0 unspecified atom stereocenters. The Balaban J connectivity index is 1.53. The highest BCUT2D eigenvalue weighted by Crippen LogP contribution is 2.41. The molecule has 0 N–H and O–H groups in total. The number of aryl methyl sites for hydroxylation is 1. The molecule has 0 saturated carbocycles. The Hall–Kier alpha value is -3.75. The Bertz CT molecular complexity index is 1600. The molecule has 37 heavy (non-hydrogen) atoms. The first-order valence-corrected chi connectivity index (χ1v) is 14.1. The number of hydrogen-bond acceptors (Lipinski definition) is 5. The van der Waals surface area contributed by atoms with Gasteiger partial charge in [0.2, 0.25) is 0 Å². The van der Waals surface area contributed by atoms with E-state index in [9.17, 15) is 13.2 Å². The summed E-state index contributed by atoms with van der Waals surface area (Å²) in [5.41, 5.74) is 5.99. The molecule has 2 aliphatic heterocycles. The number of aromatic nitrogens is 2. The minimum Gasteiger partial charge on any atom is -0.378 e. The molecular weight excluding hydrogens is 486 g/mol. The van der Waals surface area contributed by atoms with Gasteiger partial charge < -0.3 is 9.64 Å². The summed E-state index contributed by atoms with van der Waals surface area (Å²) in [5.74, 6) is -0.526. The normalized spacial score (nSPS) is 16.2. The Labute approximate surface area is 216 Å². The average Bonchev–Trinajstić information content (AvgIpc) is 3.32. The second-order valence-corrected chi connectivity index (χ2v) is 11.3. The van der Waals surface area contributed by atoms with Crippen LogP contribution in [-0.2, 0) is 26.7 Å². The van der Waals surface area contributed by atoms with Crippen LogP contribution < -0.4 is 0 Å². The van der Waals surface area contributed by atoms with Crippen LogP contribution in [0.5, 0.6) is 0 Å². The van der Waals surface area contributed by atoms with E-state index in [4.69, 9.17) is 9.84 Å². The third kappa shape index (κ3) is 4.16. The van der Waals surface area contributed by atoms with Crippen molar-refractivity contribution in [2.24, 2.45) is 0 Å². The molecule has 3 heterocycles. The lowest BCUT2D eigenvalue weighted by atomic mass is 10.0. The van der Waals surface area contributed by atoms with Crippen LogP contribution in [0.1, 0.15) is 28.5 Å². The fourth-order valence-corrected chi connectivity index (χ4v) is 6.68. The molecule has 0 atom stereocenters. The molecule has 3 aromatic carbocycles. The molecule has 188 valence electrons. The fourth-order valence-electron chi connectivity index (χ4n) is 5.09. The van der Waals surface area contributed by atoms with Gasteiger partial charge in [0.1, 0.15) is 0 Å². The Morgan fingerprint density at radius 2 is 1.70 bits per heavy atom. The van der Waals surface area contributed by atoms with E-state index in [2.05, 4.69) is 31.2 Å². The van der Waals surface area contributed by atoms with Gasteiger partial charge in [-0.3, -0.25) is 4.79 Å². The lowest BCUT2D eigenvalue weighted by molar-refractivity contribution is 0.0298. The Morgan fingerprint density at radius 3 is 2.46 bits per heavy atom. The van der Waals surface area contributed by atoms with Crippen LogP contribution in [0, 0.1) is 0 Å². The zero-order chi connectivity index (χ0) is 25.6. The van der Waals surface area contributed by atoms with E-state index in [-0.39, 0.29) is 22.2 Å². The summed E-state index contributed by atoms with van der Waals surface area (Å²) in [5, 5.41) is 4.78. The van der Waals surface area contributed by atoms with Crippen LogP contribution in [0.25, 0.3) is 28.1 Å². The maximum absolute atomic E-state index is 13.6. The minimum absolute atomic E-state index is 0.188. The summed E-state index contributed by atoms with van der Waals surface area (Å²) in [7, 11) is -3.62. The first kappa shape index (κ1) is 23.6. The highest BCUT2D eigenvalue weighted by molar-refractivity contribution is 7.90. The van der Waals surface area contributed by atoms with Crippen LogP contribution >= 0.6 is 0 Å². The van der Waals surface area contributed by atoms with Crippen LogP contribution in [-0.4, -0.2) is 55.3 Å². The molecule has 1 amide bonds. The number of ether oxygens (including phenoxy) is 1. The summed E-state index contributed by atoms with van der Waals surface area (Å²) in [6.07, 6.45) is 0.974. The molecule has 0 radical (unpaired) electrons. The standard InChI is InChI=1S/C29H27N3O4S/c1-2-20-10-12-21(13-11-20)22-6-5-7-23(18-22)32-28-24-8-3-4-9-26(24)37(34,35)19-25(28)27(30-32)29(33)31-14-16-36-17-15-31/h3-13,18H,2,14-17,19H2,1H3. The Morgan fingerprint density at radius 1 is 0.946 bits per heavy atom. The molecule has 6 rings (SSSR count). The maximum Gasteiger partial charge on any atom is 0.274 e. The Kier molecular flexibility index (Phi) is 5.93. The molecule has 0 spiro atoms. The number of nitrogens with zero attached hydrogens (tertiary/aromatic N) is 3. The average molecular weight is 514 g/mol. The van der Waals surface area contributed by atoms with Gasteiger partial charge in [-0.1, -0.05) is 61.5 Å². The molecule has 1 fully saturated rings. The van der Waals surface area contributed by atoms with Crippen LogP contribution in [0.4, 0.5) is 0 Å². The number of carbonyl (C=O) groups is 1. The van der Waals surface area contributed by atoms with Crippen molar-refractivity contribution in [2.75, 3.05) is 26.3 Å². The fraction of sp³-hybridized carbons (Fsp3) is 0.241. The predicted octanol–water partition coefficient (Wildman–Crippen LogP) is 4.53. The predicted molar refractivity (Wildman–Crippen MR) is 141 cm³/mol. The van der Waals surface area contributed by atoms with Crippen molar-refractivity contribution in [3.63, 3.8) is 0 Å². The molecule has 2 aliphatic rings. The number of morpholine rings is 1. The van der Waals surface area contributed by atoms with Gasteiger partial charge in [-0.2, -0.15) is 5.10 Å². The van der Waals surface area contributed by atoms with Crippen molar-refractivity contribution < 1.29 is 17.9 Å². The van der Waals surface area contributed by atoms with Crippen molar-refractivity contribution in [2.45, 2.75) is 24.0 Å². The van der Waals surface area contributed by atoms with Crippen molar-refractivity contribution in [3.05, 3.63) is 89.6 Å². The first-order valence-electron chi connectivity index (χ1n) is 12.5. The van der Waals surface area contributed by atoms with Crippen LogP contribution in [0.15, 0.2) is 77.7 Å². The van der Waals surface area contributed by atoms with Gasteiger partial charge in [-0.15, -0.1) is 0 Å². The molecule has 8 heteroatoms. The van der Waals surface area contributed by atoms with Gasteiger partial charge in [-0.25, -0.2) is 13.1 Å². The number of carbonyl (C=O) groups excluding carboxylic acids is 1. The van der Waals surface area contributed by atoms with Gasteiger partial charge in [0.25, 0.3) is 5.91 Å². The number of amides is 1. The highest BCUT2D eigenvalue weighted by Gasteiger charge is 2.37. The summed E-state index contributed by atoms with van der Waals surface area (Å²) in [6, 6.07) is 23.4. The lowest BCUT2D eigenvalue weighted by Gasteiger charge is -2.26. The number of fused-ring (bicyclic) bond motifs is 3. The number of benzene rings is 3. The van der Waals surface area contributed by atoms with Crippen molar-refractivity contribution in [3.8, 4) is 28.1 Å². The lowest BCUT2D eigenvalue weighted by Crippen LogP contribution is -2.41. The maximum atomic E-state index is 13.6. The van der Waals surface area contributed by atoms with Gasteiger partial charge in [0.15, 0.2) is 15.5 Å². The molecule has 1 aromatic heterocycles. The highest BCUT2D eigenvalue weighted by atomic mass is 32.2. The second kappa shape index (κ2) is 9.28. The molecule has 0 aliphatic carbocycles. The van der Waals surface area contributed by atoms with E-state index in [1.165, 1.54) is 5.56 Å². The summed E-state index contributed by atoms with van der Waals surface area (Å²) >= 11 is 0. The van der Waals surface area contributed by atoms with Gasteiger partial charge in [0, 0.05) is 24.2 Å². The van der Waals surface area contributed by atoms with E-state index in [0.29, 0.717) is 43.1 Å². The second-order valence-electron chi connectivity index (χ2n) is 9.35. The first-order chi connectivity index (χ1) is 18.0. The number of rotatable bonds is 4. The minimum atomic E-state index is -3.62. The molecule has 0 bridgehead atoms. The topological polar surface area (TPSA) is 81.5 Å². The molecule has 1 saturated heterocycles. The summed E-state index contributed by atoms with van der Waals surface area (Å²) < 4.78 is 33.6. The quantitative estimate of drug-likeness (QED) is 0.401. The van der Waals surface area contributed by atoms with Crippen molar-refractivity contribution >= 4 is 15.7 Å². The zero-order valence-electron chi connectivity index (χ0n) is 20.6. The smallest absolute Gasteiger partial charge is 0.274 e. The third-order valence-corrected chi connectivity index (χ3v) is 8.78. The van der Waals surface area contributed by atoms with Crippen LogP contribution in [0.3, 0.4) is 0 Å². The summed E-state index contributed by atoms with van der Waals surface area (Å²) in [6.45, 7) is 3.94. The van der Waals surface area contributed by atoms with E-state index in [1.807, 2.05) is 30.3 Å². The molecule has 7 nitrogen and oxygen atoms in total. The molecular formula is C29H27N3O4S.